The molecule has 150 valence electrons. The van der Waals surface area contributed by atoms with Crippen LogP contribution in [0.5, 0.6) is 0 Å². The molecule has 0 aromatic heterocycles. The number of Topliss-reactive ketones (excluding diaryl/α,β-unsaturated/α-hetero) is 1. The predicted molar refractivity (Wildman–Crippen MR) is 111 cm³/mol. The lowest BCUT2D eigenvalue weighted by Crippen LogP contribution is -2.41. The number of nitrogens with one attached hydrogen (secondary N) is 1. The second kappa shape index (κ2) is 8.59. The molecule has 2 amide bonds. The van der Waals surface area contributed by atoms with Crippen LogP contribution in [0.1, 0.15) is 39.5 Å². The molecule has 3 rings (SSSR count). The summed E-state index contributed by atoms with van der Waals surface area (Å²) in [6, 6.07) is 9.38. The molecule has 6 heteroatoms. The van der Waals surface area contributed by atoms with Gasteiger partial charge in [-0.05, 0) is 36.3 Å². The summed E-state index contributed by atoms with van der Waals surface area (Å²) >= 11 is 0. The third-order valence-corrected chi connectivity index (χ3v) is 5.41. The number of hydrogen-bond donors (Lipinski definition) is 2. The molecular formula is C22H29N3O3. The number of rotatable bonds is 4. The van der Waals surface area contributed by atoms with Crippen LogP contribution in [0.3, 0.4) is 0 Å². The van der Waals surface area contributed by atoms with E-state index in [1.54, 1.807) is 6.21 Å². The summed E-state index contributed by atoms with van der Waals surface area (Å²) in [5.74, 6) is 0.497. The average molecular weight is 383 g/mol. The second-order valence-corrected chi connectivity index (χ2v) is 8.52. The summed E-state index contributed by atoms with van der Waals surface area (Å²) < 4.78 is 0. The Morgan fingerprint density at radius 3 is 2.57 bits per heavy atom. The molecule has 1 aliphatic carbocycles. The smallest absolute Gasteiger partial charge is 0.321 e. The summed E-state index contributed by atoms with van der Waals surface area (Å²) in [6.07, 6.45) is 4.25. The van der Waals surface area contributed by atoms with E-state index in [0.717, 1.165) is 18.5 Å². The number of aliphatic imine (C=N–C) groups is 1. The molecule has 6 nitrogen and oxygen atoms in total. The van der Waals surface area contributed by atoms with Crippen LogP contribution < -0.4 is 5.32 Å². The molecule has 1 heterocycles. The monoisotopic (exact) mass is 383 g/mol. The van der Waals surface area contributed by atoms with E-state index >= 15 is 0 Å². The van der Waals surface area contributed by atoms with Crippen molar-refractivity contribution in [3.63, 3.8) is 0 Å². The maximum atomic E-state index is 12.3. The molecule has 28 heavy (non-hydrogen) atoms. The van der Waals surface area contributed by atoms with E-state index in [1.807, 2.05) is 49.1 Å². The Kier molecular flexibility index (Phi) is 6.17. The molecule has 0 spiro atoms. The second-order valence-electron chi connectivity index (χ2n) is 8.52. The van der Waals surface area contributed by atoms with Gasteiger partial charge in [-0.25, -0.2) is 4.79 Å². The molecule has 0 bridgehead atoms. The van der Waals surface area contributed by atoms with Gasteiger partial charge in [0, 0.05) is 44.4 Å². The number of amides is 2. The first-order valence-electron chi connectivity index (χ1n) is 9.90. The molecule has 0 radical (unpaired) electrons. The van der Waals surface area contributed by atoms with Gasteiger partial charge in [0.1, 0.15) is 5.76 Å². The normalized spacial score (nSPS) is 20.6. The first-order chi connectivity index (χ1) is 13.3. The van der Waals surface area contributed by atoms with Crippen molar-refractivity contribution in [2.45, 2.75) is 39.5 Å². The maximum absolute atomic E-state index is 12.3. The Labute approximate surface area is 166 Å². The van der Waals surface area contributed by atoms with Crippen molar-refractivity contribution >= 4 is 23.7 Å². The number of carbonyl (C=O) groups excluding carboxylic acids is 2. The molecule has 0 unspecified atom stereocenters. The van der Waals surface area contributed by atoms with Gasteiger partial charge in [-0.15, -0.1) is 0 Å². The minimum Gasteiger partial charge on any atom is -0.511 e. The first kappa shape index (κ1) is 20.1. The number of urea groups is 1. The highest BCUT2D eigenvalue weighted by Crippen LogP contribution is 2.35. The van der Waals surface area contributed by atoms with Crippen molar-refractivity contribution < 1.29 is 14.7 Å². The number of ketones is 1. The van der Waals surface area contributed by atoms with Crippen LogP contribution in [-0.2, 0) is 4.79 Å². The number of anilines is 1. The van der Waals surface area contributed by atoms with Crippen LogP contribution in [0.25, 0.3) is 0 Å². The van der Waals surface area contributed by atoms with Crippen molar-refractivity contribution in [3.8, 4) is 0 Å². The van der Waals surface area contributed by atoms with E-state index in [0.29, 0.717) is 44.0 Å². The van der Waals surface area contributed by atoms with Crippen LogP contribution in [0.4, 0.5) is 10.5 Å². The highest BCUT2D eigenvalue weighted by Gasteiger charge is 2.32. The van der Waals surface area contributed by atoms with Crippen LogP contribution >= 0.6 is 0 Å². The van der Waals surface area contributed by atoms with Gasteiger partial charge >= 0.3 is 6.03 Å². The van der Waals surface area contributed by atoms with E-state index in [9.17, 15) is 14.7 Å². The van der Waals surface area contributed by atoms with Crippen molar-refractivity contribution in [1.29, 1.82) is 0 Å². The lowest BCUT2D eigenvalue weighted by Gasteiger charge is -2.31. The summed E-state index contributed by atoms with van der Waals surface area (Å²) in [7, 11) is 0. The van der Waals surface area contributed by atoms with Crippen molar-refractivity contribution in [3.05, 3.63) is 41.7 Å². The molecule has 1 saturated heterocycles. The van der Waals surface area contributed by atoms with E-state index in [-0.39, 0.29) is 23.0 Å². The average Bonchev–Trinajstić information content (AvgIpc) is 2.64. The van der Waals surface area contributed by atoms with Gasteiger partial charge in [0.2, 0.25) is 0 Å². The predicted octanol–water partition coefficient (Wildman–Crippen LogP) is 4.20. The topological polar surface area (TPSA) is 82.0 Å². The highest BCUT2D eigenvalue weighted by molar-refractivity contribution is 6.14. The number of allylic oxidation sites excluding steroid dienone is 2. The van der Waals surface area contributed by atoms with Crippen molar-refractivity contribution in [2.75, 3.05) is 25.0 Å². The number of benzene rings is 1. The Morgan fingerprint density at radius 1 is 1.25 bits per heavy atom. The number of likely N-dealkylation sites (tertiary alicyclic amines) is 1. The fourth-order valence-electron chi connectivity index (χ4n) is 3.78. The lowest BCUT2D eigenvalue weighted by molar-refractivity contribution is -0.117. The summed E-state index contributed by atoms with van der Waals surface area (Å²) in [5, 5.41) is 13.1. The van der Waals surface area contributed by atoms with E-state index < -0.39 is 0 Å². The zero-order valence-electron chi connectivity index (χ0n) is 16.6. The summed E-state index contributed by atoms with van der Waals surface area (Å²) in [6.45, 7) is 5.97. The van der Waals surface area contributed by atoms with Crippen LogP contribution in [-0.4, -0.2) is 47.7 Å². The van der Waals surface area contributed by atoms with Crippen LogP contribution in [0.2, 0.25) is 0 Å². The number of hydrogen-bond acceptors (Lipinski definition) is 4. The Balaban J connectivity index is 1.46. The molecule has 2 aliphatic rings. The van der Waals surface area contributed by atoms with Gasteiger partial charge in [0.15, 0.2) is 5.78 Å². The van der Waals surface area contributed by atoms with E-state index in [4.69, 9.17) is 0 Å². The van der Waals surface area contributed by atoms with Gasteiger partial charge < -0.3 is 15.3 Å². The SMILES string of the molecule is CC1(C)CC(=O)C(C=NCC2CCN(C(=O)Nc3ccccc3)CC2)=C(O)C1. The van der Waals surface area contributed by atoms with Gasteiger partial charge in [-0.2, -0.15) is 0 Å². The molecular weight excluding hydrogens is 354 g/mol. The van der Waals surface area contributed by atoms with Crippen LogP contribution in [0.15, 0.2) is 46.7 Å². The highest BCUT2D eigenvalue weighted by atomic mass is 16.3. The van der Waals surface area contributed by atoms with Gasteiger partial charge in [-0.3, -0.25) is 9.79 Å². The third kappa shape index (κ3) is 5.21. The van der Waals surface area contributed by atoms with Gasteiger partial charge in [0.25, 0.3) is 0 Å². The Bertz CT molecular complexity index is 775. The molecule has 0 atom stereocenters. The molecule has 1 aromatic carbocycles. The van der Waals surface area contributed by atoms with Crippen molar-refractivity contribution in [2.24, 2.45) is 16.3 Å². The summed E-state index contributed by atoms with van der Waals surface area (Å²) in [4.78, 5) is 30.8. The number of aliphatic hydroxyl groups excluding tert-OH is 1. The van der Waals surface area contributed by atoms with Gasteiger partial charge in [-0.1, -0.05) is 32.0 Å². The summed E-state index contributed by atoms with van der Waals surface area (Å²) in [5.41, 5.74) is 0.970. The third-order valence-electron chi connectivity index (χ3n) is 5.41. The molecule has 1 aliphatic heterocycles. The Morgan fingerprint density at radius 2 is 1.93 bits per heavy atom. The molecule has 1 aromatic rings. The molecule has 1 fully saturated rings. The largest absolute Gasteiger partial charge is 0.511 e. The number of piperidine rings is 1. The number of para-hydroxylation sites is 1. The van der Waals surface area contributed by atoms with E-state index in [2.05, 4.69) is 10.3 Å². The standard InChI is InChI=1S/C22H29N3O3/c1-22(2)12-19(26)18(20(27)13-22)15-23-14-16-8-10-25(11-9-16)21(28)24-17-6-4-3-5-7-17/h3-7,15-16,26H,8-14H2,1-2H3,(H,24,28). The quantitative estimate of drug-likeness (QED) is 0.765. The van der Waals surface area contributed by atoms with Gasteiger partial charge in [0.05, 0.1) is 5.57 Å². The minimum atomic E-state index is -0.189. The van der Waals surface area contributed by atoms with Crippen molar-refractivity contribution in [1.82, 2.24) is 4.90 Å². The van der Waals surface area contributed by atoms with Crippen LogP contribution in [0, 0.1) is 11.3 Å². The fourth-order valence-corrected chi connectivity index (χ4v) is 3.78. The van der Waals surface area contributed by atoms with E-state index in [1.165, 1.54) is 0 Å². The number of aliphatic hydroxyl groups is 1. The maximum Gasteiger partial charge on any atom is 0.321 e. The first-order valence-corrected chi connectivity index (χ1v) is 9.90. The number of nitrogens with zero attached hydrogens (tertiary/aromatic N) is 2. The minimum absolute atomic E-state index is 0.0371. The number of carbonyl (C=O) groups is 2. The Hall–Kier alpha value is -2.63. The molecule has 2 N–H and O–H groups in total. The lowest BCUT2D eigenvalue weighted by atomic mass is 9.77. The zero-order chi connectivity index (χ0) is 20.1. The zero-order valence-corrected chi connectivity index (χ0v) is 16.6. The molecule has 0 saturated carbocycles. The fraction of sp³-hybridized carbons (Fsp3) is 0.500.